The molecule has 0 bridgehead atoms. The minimum absolute atomic E-state index is 0.0501. The van der Waals surface area contributed by atoms with E-state index < -0.39 is 15.7 Å². The van der Waals surface area contributed by atoms with Gasteiger partial charge in [0.25, 0.3) is 0 Å². The van der Waals surface area contributed by atoms with Crippen molar-refractivity contribution in [2.45, 2.75) is 43.4 Å². The maximum Gasteiger partial charge on any atom is 0.229 e. The summed E-state index contributed by atoms with van der Waals surface area (Å²) < 4.78 is 43.3. The third kappa shape index (κ3) is 5.33. The minimum atomic E-state index is -3.60. The van der Waals surface area contributed by atoms with Crippen LogP contribution in [0.2, 0.25) is 0 Å². The lowest BCUT2D eigenvalue weighted by Crippen LogP contribution is -2.35. The van der Waals surface area contributed by atoms with Gasteiger partial charge in [0, 0.05) is 31.2 Å². The molecule has 1 aromatic carbocycles. The highest BCUT2D eigenvalue weighted by atomic mass is 32.2. The second kappa shape index (κ2) is 9.71. The standard InChI is InChI=1S/C21H25FN7O5S/c1-12(2)18-26-21(34-27-18)13-6-8-28(9-7-13)20-17(29(30)31)19(23-11-24-20)25-16-5-4-14(10-15(16)22)35(3,32)33/h4-5,10-13,30H,6-9H2,1-3H3,(H,23,24,25)/q-1. The Morgan fingerprint density at radius 2 is 2.00 bits per heavy atom. The number of piperidine rings is 1. The van der Waals surface area contributed by atoms with Crippen molar-refractivity contribution in [3.63, 3.8) is 0 Å². The third-order valence-electron chi connectivity index (χ3n) is 5.73. The molecule has 3 aromatic rings. The van der Waals surface area contributed by atoms with E-state index >= 15 is 0 Å². The Morgan fingerprint density at radius 3 is 2.57 bits per heavy atom. The van der Waals surface area contributed by atoms with Crippen LogP contribution in [-0.4, -0.2) is 53.1 Å². The van der Waals surface area contributed by atoms with Gasteiger partial charge in [-0.3, -0.25) is 5.21 Å². The minimum Gasteiger partial charge on any atom is -0.733 e. The predicted molar refractivity (Wildman–Crippen MR) is 125 cm³/mol. The van der Waals surface area contributed by atoms with E-state index in [1.807, 2.05) is 18.7 Å². The highest BCUT2D eigenvalue weighted by Gasteiger charge is 2.28. The predicted octanol–water partition coefficient (Wildman–Crippen LogP) is 3.35. The number of hydrogen-bond acceptors (Lipinski definition) is 12. The summed E-state index contributed by atoms with van der Waals surface area (Å²) in [7, 11) is -3.60. The molecular formula is C21H25FN7O5S-. The molecule has 0 radical (unpaired) electrons. The lowest BCUT2D eigenvalue weighted by atomic mass is 9.96. The molecule has 188 valence electrons. The average molecular weight is 507 g/mol. The number of hydrogen-bond donors (Lipinski definition) is 2. The summed E-state index contributed by atoms with van der Waals surface area (Å²) in [5, 5.41) is 28.2. The van der Waals surface area contributed by atoms with Gasteiger partial charge < -0.3 is 25.2 Å². The molecule has 3 heterocycles. The maximum atomic E-state index is 14.6. The van der Waals surface area contributed by atoms with E-state index in [0.29, 0.717) is 37.6 Å². The van der Waals surface area contributed by atoms with Gasteiger partial charge in [-0.15, -0.1) is 0 Å². The first-order chi connectivity index (χ1) is 16.5. The molecule has 0 atom stereocenters. The second-order valence-corrected chi connectivity index (χ2v) is 10.6. The van der Waals surface area contributed by atoms with Gasteiger partial charge in [-0.05, 0) is 31.0 Å². The molecular weight excluding hydrogens is 481 g/mol. The van der Waals surface area contributed by atoms with E-state index in [2.05, 4.69) is 25.4 Å². The van der Waals surface area contributed by atoms with Crippen LogP contribution in [0, 0.1) is 11.0 Å². The smallest absolute Gasteiger partial charge is 0.229 e. The number of nitrogens with one attached hydrogen (secondary N) is 1. The van der Waals surface area contributed by atoms with E-state index in [-0.39, 0.29) is 45.0 Å². The first-order valence-corrected chi connectivity index (χ1v) is 12.8. The summed E-state index contributed by atoms with van der Waals surface area (Å²) in [4.78, 5) is 14.2. The summed E-state index contributed by atoms with van der Waals surface area (Å²) in [6.07, 6.45) is 3.46. The Labute approximate surface area is 201 Å². The van der Waals surface area contributed by atoms with Crippen LogP contribution in [0.4, 0.5) is 27.4 Å². The molecule has 1 aliphatic heterocycles. The number of halogens is 1. The maximum absolute atomic E-state index is 14.6. The Kier molecular flexibility index (Phi) is 6.87. The fourth-order valence-electron chi connectivity index (χ4n) is 3.81. The normalized spacial score (nSPS) is 15.0. The Balaban J connectivity index is 1.55. The molecule has 1 aliphatic rings. The van der Waals surface area contributed by atoms with Crippen molar-refractivity contribution < 1.29 is 22.5 Å². The summed E-state index contributed by atoms with van der Waals surface area (Å²) >= 11 is 0. The molecule has 0 aliphatic carbocycles. The zero-order valence-electron chi connectivity index (χ0n) is 19.3. The molecule has 4 rings (SSSR count). The summed E-state index contributed by atoms with van der Waals surface area (Å²) in [6.45, 7) is 4.93. The van der Waals surface area contributed by atoms with E-state index in [1.165, 1.54) is 18.5 Å². The van der Waals surface area contributed by atoms with Crippen LogP contribution in [-0.2, 0) is 9.84 Å². The molecule has 1 saturated heterocycles. The molecule has 2 aromatic heterocycles. The Bertz CT molecular complexity index is 1310. The van der Waals surface area contributed by atoms with Crippen molar-refractivity contribution in [3.05, 3.63) is 47.3 Å². The van der Waals surface area contributed by atoms with Crippen molar-refractivity contribution in [1.29, 1.82) is 0 Å². The molecule has 1 fully saturated rings. The third-order valence-corrected chi connectivity index (χ3v) is 6.84. The number of nitrogens with zero attached hydrogens (tertiary/aromatic N) is 6. The van der Waals surface area contributed by atoms with E-state index in [4.69, 9.17) is 4.52 Å². The van der Waals surface area contributed by atoms with Crippen LogP contribution in [0.1, 0.15) is 50.2 Å². The average Bonchev–Trinajstić information content (AvgIpc) is 3.30. The molecule has 0 spiro atoms. The quantitative estimate of drug-likeness (QED) is 0.450. The van der Waals surface area contributed by atoms with E-state index in [0.717, 1.165) is 12.3 Å². The van der Waals surface area contributed by atoms with Gasteiger partial charge in [-0.25, -0.2) is 22.8 Å². The number of anilines is 4. The van der Waals surface area contributed by atoms with Crippen molar-refractivity contribution in [3.8, 4) is 0 Å². The Hall–Kier alpha value is -3.36. The van der Waals surface area contributed by atoms with Gasteiger partial charge in [0.1, 0.15) is 17.8 Å². The molecule has 0 amide bonds. The summed E-state index contributed by atoms with van der Waals surface area (Å²) in [5.41, 5.74) is -0.418. The van der Waals surface area contributed by atoms with Crippen LogP contribution in [0.5, 0.6) is 0 Å². The van der Waals surface area contributed by atoms with Crippen molar-refractivity contribution in [2.75, 3.05) is 34.8 Å². The number of rotatable bonds is 7. The lowest BCUT2D eigenvalue weighted by molar-refractivity contribution is 0.296. The molecule has 2 N–H and O–H groups in total. The molecule has 14 heteroatoms. The SMILES string of the molecule is CC(C)c1noc(C2CCN(c3ncnc(Nc4ccc(S(C)(=O)=O)cc4F)c3N([O-])O)CC2)n1. The first-order valence-electron chi connectivity index (χ1n) is 10.9. The second-order valence-electron chi connectivity index (χ2n) is 8.61. The van der Waals surface area contributed by atoms with Gasteiger partial charge in [0.05, 0.1) is 10.6 Å². The fraction of sp³-hybridized carbons (Fsp3) is 0.429. The van der Waals surface area contributed by atoms with Crippen LogP contribution >= 0.6 is 0 Å². The van der Waals surface area contributed by atoms with Gasteiger partial charge in [-0.2, -0.15) is 4.98 Å². The number of aromatic nitrogens is 4. The number of sulfone groups is 1. The van der Waals surface area contributed by atoms with Gasteiger partial charge in [0.15, 0.2) is 27.3 Å². The monoisotopic (exact) mass is 506 g/mol. The van der Waals surface area contributed by atoms with E-state index in [9.17, 15) is 23.2 Å². The van der Waals surface area contributed by atoms with Gasteiger partial charge >= 0.3 is 0 Å². The highest BCUT2D eigenvalue weighted by Crippen LogP contribution is 2.37. The Morgan fingerprint density at radius 1 is 1.29 bits per heavy atom. The summed E-state index contributed by atoms with van der Waals surface area (Å²) in [5.74, 6) is 0.584. The molecule has 35 heavy (non-hydrogen) atoms. The summed E-state index contributed by atoms with van der Waals surface area (Å²) in [6, 6.07) is 3.30. The lowest BCUT2D eigenvalue weighted by Gasteiger charge is -2.35. The van der Waals surface area contributed by atoms with Crippen LogP contribution in [0.3, 0.4) is 0 Å². The first kappa shape index (κ1) is 24.8. The topological polar surface area (TPSA) is 161 Å². The molecule has 0 unspecified atom stereocenters. The number of benzene rings is 1. The van der Waals surface area contributed by atoms with Crippen LogP contribution < -0.4 is 15.4 Å². The van der Waals surface area contributed by atoms with Gasteiger partial charge in [-0.1, -0.05) is 19.0 Å². The zero-order chi connectivity index (χ0) is 25.3. The van der Waals surface area contributed by atoms with Gasteiger partial charge in [0.2, 0.25) is 5.89 Å². The van der Waals surface area contributed by atoms with Crippen molar-refractivity contribution in [1.82, 2.24) is 20.1 Å². The van der Waals surface area contributed by atoms with E-state index in [1.54, 1.807) is 0 Å². The van der Waals surface area contributed by atoms with Crippen LogP contribution in [0.25, 0.3) is 0 Å². The highest BCUT2D eigenvalue weighted by molar-refractivity contribution is 7.90. The fourth-order valence-corrected chi connectivity index (χ4v) is 4.44. The van der Waals surface area contributed by atoms with Crippen molar-refractivity contribution in [2.24, 2.45) is 0 Å². The zero-order valence-corrected chi connectivity index (χ0v) is 20.2. The molecule has 12 nitrogen and oxygen atoms in total. The molecule has 0 saturated carbocycles. The van der Waals surface area contributed by atoms with Crippen LogP contribution in [0.15, 0.2) is 33.9 Å². The largest absolute Gasteiger partial charge is 0.733 e. The van der Waals surface area contributed by atoms with Crippen molar-refractivity contribution >= 4 is 32.8 Å².